The molecule has 19 heavy (non-hydrogen) atoms. The quantitative estimate of drug-likeness (QED) is 0.720. The predicted octanol–water partition coefficient (Wildman–Crippen LogP) is 1.12. The monoisotopic (exact) mass is 257 g/mol. The van der Waals surface area contributed by atoms with Crippen molar-refractivity contribution in [3.05, 3.63) is 35.9 Å². The van der Waals surface area contributed by atoms with Crippen molar-refractivity contribution in [3.8, 4) is 11.1 Å². The minimum Gasteiger partial charge on any atom is -0.390 e. The summed E-state index contributed by atoms with van der Waals surface area (Å²) in [6.07, 6.45) is 5.48. The van der Waals surface area contributed by atoms with E-state index in [1.165, 1.54) is 0 Å². The van der Waals surface area contributed by atoms with Gasteiger partial charge in [-0.2, -0.15) is 5.10 Å². The van der Waals surface area contributed by atoms with E-state index < -0.39 is 0 Å². The first-order chi connectivity index (χ1) is 9.10. The summed E-state index contributed by atoms with van der Waals surface area (Å²) in [4.78, 5) is 4.30. The number of aryl methyl sites for hydroxylation is 2. The molecule has 0 aromatic carbocycles. The number of rotatable bonds is 2. The van der Waals surface area contributed by atoms with Gasteiger partial charge in [-0.25, -0.2) is 4.98 Å². The molecule has 0 spiro atoms. The van der Waals surface area contributed by atoms with Gasteiger partial charge in [0.1, 0.15) is 5.65 Å². The maximum absolute atomic E-state index is 9.33. The fourth-order valence-corrected chi connectivity index (χ4v) is 2.30. The SMILES string of the molecule is Cc1cc(-c2cn(C)nc2N)cn2c(CO)cnc12. The summed E-state index contributed by atoms with van der Waals surface area (Å²) in [6, 6.07) is 2.02. The van der Waals surface area contributed by atoms with E-state index >= 15 is 0 Å². The molecule has 0 aliphatic carbocycles. The fraction of sp³-hybridized carbons (Fsp3) is 0.231. The van der Waals surface area contributed by atoms with Crippen LogP contribution < -0.4 is 5.73 Å². The molecular formula is C13H15N5O. The van der Waals surface area contributed by atoms with Gasteiger partial charge in [-0.1, -0.05) is 0 Å². The highest BCUT2D eigenvalue weighted by atomic mass is 16.3. The first kappa shape index (κ1) is 11.7. The van der Waals surface area contributed by atoms with Gasteiger partial charge in [0, 0.05) is 30.6 Å². The Labute approximate surface area is 110 Å². The van der Waals surface area contributed by atoms with Crippen molar-refractivity contribution < 1.29 is 5.11 Å². The van der Waals surface area contributed by atoms with Crippen LogP contribution in [-0.2, 0) is 13.7 Å². The average molecular weight is 257 g/mol. The van der Waals surface area contributed by atoms with E-state index in [0.29, 0.717) is 5.82 Å². The predicted molar refractivity (Wildman–Crippen MR) is 72.5 cm³/mol. The maximum atomic E-state index is 9.33. The summed E-state index contributed by atoms with van der Waals surface area (Å²) in [5.41, 5.74) is 10.4. The van der Waals surface area contributed by atoms with Crippen LogP contribution >= 0.6 is 0 Å². The number of hydrogen-bond acceptors (Lipinski definition) is 4. The molecule has 0 atom stereocenters. The van der Waals surface area contributed by atoms with Crippen molar-refractivity contribution in [2.75, 3.05) is 5.73 Å². The normalized spacial score (nSPS) is 11.3. The number of nitrogen functional groups attached to an aromatic ring is 1. The number of pyridine rings is 1. The van der Waals surface area contributed by atoms with Crippen molar-refractivity contribution in [3.63, 3.8) is 0 Å². The standard InChI is InChI=1S/C13H15N5O/c1-8-3-9(11-6-17(2)16-12(11)14)5-18-10(7-19)4-15-13(8)18/h3-6,19H,7H2,1-2H3,(H2,14,16). The Morgan fingerprint density at radius 3 is 2.79 bits per heavy atom. The summed E-state index contributed by atoms with van der Waals surface area (Å²) in [5.74, 6) is 0.493. The Morgan fingerprint density at radius 2 is 2.16 bits per heavy atom. The number of aliphatic hydroxyl groups excluding tert-OH is 1. The fourth-order valence-electron chi connectivity index (χ4n) is 2.30. The smallest absolute Gasteiger partial charge is 0.153 e. The molecule has 0 amide bonds. The topological polar surface area (TPSA) is 81.4 Å². The van der Waals surface area contributed by atoms with Crippen LogP contribution in [0.15, 0.2) is 24.7 Å². The molecular weight excluding hydrogens is 242 g/mol. The van der Waals surface area contributed by atoms with Crippen LogP contribution in [0.2, 0.25) is 0 Å². The number of hydrogen-bond donors (Lipinski definition) is 2. The number of imidazole rings is 1. The van der Waals surface area contributed by atoms with E-state index in [0.717, 1.165) is 28.0 Å². The molecule has 6 nitrogen and oxygen atoms in total. The lowest BCUT2D eigenvalue weighted by Crippen LogP contribution is -1.96. The van der Waals surface area contributed by atoms with E-state index in [9.17, 15) is 5.11 Å². The molecule has 0 aliphatic heterocycles. The second-order valence-corrected chi connectivity index (χ2v) is 4.61. The maximum Gasteiger partial charge on any atom is 0.153 e. The van der Waals surface area contributed by atoms with E-state index in [1.54, 1.807) is 10.9 Å². The molecule has 0 unspecified atom stereocenters. The van der Waals surface area contributed by atoms with Gasteiger partial charge < -0.3 is 15.2 Å². The zero-order valence-electron chi connectivity index (χ0n) is 10.8. The summed E-state index contributed by atoms with van der Waals surface area (Å²) in [7, 11) is 1.83. The minimum absolute atomic E-state index is 0.0490. The lowest BCUT2D eigenvalue weighted by molar-refractivity contribution is 0.276. The number of nitrogens with two attached hydrogens (primary N) is 1. The highest BCUT2D eigenvalue weighted by molar-refractivity contribution is 5.74. The molecule has 6 heteroatoms. The molecule has 3 N–H and O–H groups in total. The van der Waals surface area contributed by atoms with E-state index in [1.807, 2.05) is 36.8 Å². The second kappa shape index (κ2) is 4.10. The van der Waals surface area contributed by atoms with Crippen LogP contribution in [0, 0.1) is 6.92 Å². The Morgan fingerprint density at radius 1 is 1.37 bits per heavy atom. The highest BCUT2D eigenvalue weighted by Crippen LogP contribution is 2.27. The third-order valence-electron chi connectivity index (χ3n) is 3.20. The molecule has 0 aliphatic rings. The van der Waals surface area contributed by atoms with Gasteiger partial charge in [0.2, 0.25) is 0 Å². The van der Waals surface area contributed by atoms with E-state index in [2.05, 4.69) is 10.1 Å². The van der Waals surface area contributed by atoms with Gasteiger partial charge >= 0.3 is 0 Å². The highest BCUT2D eigenvalue weighted by Gasteiger charge is 2.11. The number of aromatic nitrogens is 4. The van der Waals surface area contributed by atoms with Crippen LogP contribution in [0.4, 0.5) is 5.82 Å². The molecule has 0 bridgehead atoms. The molecule has 3 heterocycles. The van der Waals surface area contributed by atoms with Crippen molar-refractivity contribution in [2.45, 2.75) is 13.5 Å². The number of nitrogens with zero attached hydrogens (tertiary/aromatic N) is 4. The van der Waals surface area contributed by atoms with Crippen LogP contribution in [-0.4, -0.2) is 24.3 Å². The first-order valence-corrected chi connectivity index (χ1v) is 5.97. The van der Waals surface area contributed by atoms with Crippen LogP contribution in [0.25, 0.3) is 16.8 Å². The van der Waals surface area contributed by atoms with Gasteiger partial charge in [-0.3, -0.25) is 4.68 Å². The number of fused-ring (bicyclic) bond motifs is 1. The Bertz CT molecular complexity index is 756. The number of aliphatic hydroxyl groups is 1. The third kappa shape index (κ3) is 1.77. The van der Waals surface area contributed by atoms with Gasteiger partial charge in [-0.05, 0) is 18.6 Å². The molecule has 0 saturated carbocycles. The van der Waals surface area contributed by atoms with Gasteiger partial charge in [0.05, 0.1) is 18.5 Å². The first-order valence-electron chi connectivity index (χ1n) is 5.97. The summed E-state index contributed by atoms with van der Waals surface area (Å²) in [5, 5.41) is 13.5. The van der Waals surface area contributed by atoms with Gasteiger partial charge in [0.15, 0.2) is 5.82 Å². The van der Waals surface area contributed by atoms with Gasteiger partial charge in [0.25, 0.3) is 0 Å². The molecule has 3 rings (SSSR count). The van der Waals surface area contributed by atoms with Crippen molar-refractivity contribution >= 4 is 11.5 Å². The molecule has 3 aromatic heterocycles. The second-order valence-electron chi connectivity index (χ2n) is 4.61. The van der Waals surface area contributed by atoms with Crippen LogP contribution in [0.1, 0.15) is 11.3 Å². The van der Waals surface area contributed by atoms with Crippen molar-refractivity contribution in [2.24, 2.45) is 7.05 Å². The zero-order chi connectivity index (χ0) is 13.6. The van der Waals surface area contributed by atoms with Crippen molar-refractivity contribution in [1.29, 1.82) is 0 Å². The third-order valence-corrected chi connectivity index (χ3v) is 3.20. The number of anilines is 1. The molecule has 0 fully saturated rings. The molecule has 0 saturated heterocycles. The summed E-state index contributed by atoms with van der Waals surface area (Å²) in [6.45, 7) is 1.94. The average Bonchev–Trinajstić information content (AvgIpc) is 2.92. The zero-order valence-corrected chi connectivity index (χ0v) is 10.8. The Balaban J connectivity index is 2.27. The molecule has 98 valence electrons. The largest absolute Gasteiger partial charge is 0.390 e. The molecule has 3 aromatic rings. The van der Waals surface area contributed by atoms with Crippen LogP contribution in [0.5, 0.6) is 0 Å². The summed E-state index contributed by atoms with van der Waals surface area (Å²) < 4.78 is 3.57. The summed E-state index contributed by atoms with van der Waals surface area (Å²) >= 11 is 0. The Hall–Kier alpha value is -2.34. The molecule has 0 radical (unpaired) electrons. The minimum atomic E-state index is -0.0490. The van der Waals surface area contributed by atoms with Gasteiger partial charge in [-0.15, -0.1) is 0 Å². The van der Waals surface area contributed by atoms with E-state index in [-0.39, 0.29) is 6.61 Å². The van der Waals surface area contributed by atoms with E-state index in [4.69, 9.17) is 5.73 Å². The lowest BCUT2D eigenvalue weighted by atomic mass is 10.1. The van der Waals surface area contributed by atoms with Crippen molar-refractivity contribution in [1.82, 2.24) is 19.2 Å². The Kier molecular flexibility index (Phi) is 2.53. The van der Waals surface area contributed by atoms with Crippen LogP contribution in [0.3, 0.4) is 0 Å². The lowest BCUT2D eigenvalue weighted by Gasteiger charge is -2.06.